The number of hydrogen-bond donors (Lipinski definition) is 1. The van der Waals surface area contributed by atoms with Crippen molar-refractivity contribution >= 4 is 7.60 Å². The predicted molar refractivity (Wildman–Crippen MR) is 60.2 cm³/mol. The van der Waals surface area contributed by atoms with E-state index in [2.05, 4.69) is 15.1 Å². The van der Waals surface area contributed by atoms with Crippen LogP contribution in [0.4, 0.5) is 0 Å². The molecule has 0 bridgehead atoms. The lowest BCUT2D eigenvalue weighted by molar-refractivity contribution is -0.750. The van der Waals surface area contributed by atoms with Gasteiger partial charge < -0.3 is 14.4 Å². The van der Waals surface area contributed by atoms with E-state index < -0.39 is 7.60 Å². The van der Waals surface area contributed by atoms with Crippen LogP contribution in [0.3, 0.4) is 0 Å². The minimum Gasteiger partial charge on any atom is -0.778 e. The topological polar surface area (TPSA) is 103 Å². The van der Waals surface area contributed by atoms with Crippen LogP contribution in [-0.2, 0) is 11.1 Å². The lowest BCUT2D eigenvalue weighted by Crippen LogP contribution is -2.39. The van der Waals surface area contributed by atoms with Crippen LogP contribution in [0.5, 0.6) is 0 Å². The van der Waals surface area contributed by atoms with E-state index in [1.165, 1.54) is 11.0 Å². The molecule has 1 N–H and O–H groups in total. The van der Waals surface area contributed by atoms with Gasteiger partial charge in [-0.3, -0.25) is 0 Å². The van der Waals surface area contributed by atoms with Crippen molar-refractivity contribution in [1.29, 1.82) is 0 Å². The molecule has 2 aromatic rings. The third-order valence-electron chi connectivity index (χ3n) is 2.26. The van der Waals surface area contributed by atoms with Crippen LogP contribution in [0.15, 0.2) is 37.1 Å². The van der Waals surface area contributed by atoms with Gasteiger partial charge in [0.05, 0.1) is 11.9 Å². The van der Waals surface area contributed by atoms with E-state index in [9.17, 15) is 9.46 Å². The zero-order chi connectivity index (χ0) is 13.0. The van der Waals surface area contributed by atoms with Gasteiger partial charge in [-0.15, -0.1) is 0 Å². The van der Waals surface area contributed by atoms with Gasteiger partial charge in [0, 0.05) is 17.8 Å². The second kappa shape index (κ2) is 5.30. The van der Waals surface area contributed by atoms with Crippen molar-refractivity contribution in [3.63, 3.8) is 0 Å². The summed E-state index contributed by atoms with van der Waals surface area (Å²) in [7, 11) is -4.23. The zero-order valence-electron chi connectivity index (χ0n) is 9.38. The predicted octanol–water partition coefficient (Wildman–Crippen LogP) is -0.628. The highest BCUT2D eigenvalue weighted by Crippen LogP contribution is 2.27. The second-order valence-electron chi connectivity index (χ2n) is 3.63. The Morgan fingerprint density at radius 1 is 1.44 bits per heavy atom. The fourth-order valence-electron chi connectivity index (χ4n) is 1.36. The first-order chi connectivity index (χ1) is 8.54. The van der Waals surface area contributed by atoms with Crippen LogP contribution in [0.25, 0.3) is 11.3 Å². The quantitative estimate of drug-likeness (QED) is 0.584. The first-order valence-electron chi connectivity index (χ1n) is 5.19. The highest BCUT2D eigenvalue weighted by molar-refractivity contribution is 7.50. The smallest absolute Gasteiger partial charge is 0.197 e. The molecule has 0 spiro atoms. The molecule has 94 valence electrons. The van der Waals surface area contributed by atoms with E-state index in [1.54, 1.807) is 30.7 Å². The van der Waals surface area contributed by atoms with E-state index in [1.807, 2.05) is 0 Å². The summed E-state index contributed by atoms with van der Waals surface area (Å²) in [6.07, 6.45) is 5.94. The number of hydrogen-bond acceptors (Lipinski definition) is 5. The molecule has 18 heavy (non-hydrogen) atoms. The van der Waals surface area contributed by atoms with Crippen molar-refractivity contribution in [2.45, 2.75) is 6.54 Å². The van der Waals surface area contributed by atoms with Gasteiger partial charge in [-0.1, -0.05) is 4.68 Å². The van der Waals surface area contributed by atoms with Crippen LogP contribution in [-0.4, -0.2) is 26.1 Å². The second-order valence-corrected chi connectivity index (χ2v) is 5.36. The van der Waals surface area contributed by atoms with Gasteiger partial charge in [0.1, 0.15) is 20.1 Å². The standard InChI is InChI=1S/C10H11N4O3P/c15-18(16,17)6-5-14-4-2-9(7-13-14)10-1-3-11-8-12-10/h1-4,7-8H,5-6H2,(H-,15,16,17). The highest BCUT2D eigenvalue weighted by atomic mass is 31.2. The molecule has 0 amide bonds. The molecule has 0 saturated heterocycles. The van der Waals surface area contributed by atoms with Crippen LogP contribution in [0.1, 0.15) is 0 Å². The normalized spacial score (nSPS) is 14.1. The minimum absolute atomic E-state index is 0.112. The maximum Gasteiger partial charge on any atom is 0.197 e. The summed E-state index contributed by atoms with van der Waals surface area (Å²) in [5.74, 6) is 0. The Morgan fingerprint density at radius 3 is 2.83 bits per heavy atom. The van der Waals surface area contributed by atoms with Crippen molar-refractivity contribution in [3.8, 4) is 11.3 Å². The Kier molecular flexibility index (Phi) is 3.76. The van der Waals surface area contributed by atoms with E-state index in [0.29, 0.717) is 0 Å². The first kappa shape index (κ1) is 12.8. The molecule has 0 aliphatic heterocycles. The Morgan fingerprint density at radius 2 is 2.28 bits per heavy atom. The Hall–Kier alpha value is -1.69. The van der Waals surface area contributed by atoms with E-state index in [0.717, 1.165) is 11.3 Å². The van der Waals surface area contributed by atoms with Crippen molar-refractivity contribution in [3.05, 3.63) is 37.1 Å². The number of aromatic nitrogens is 4. The monoisotopic (exact) mass is 266 g/mol. The third-order valence-corrected chi connectivity index (χ3v) is 3.03. The summed E-state index contributed by atoms with van der Waals surface area (Å²) < 4.78 is 12.1. The fourth-order valence-corrected chi connectivity index (χ4v) is 1.82. The molecule has 7 nitrogen and oxygen atoms in total. The van der Waals surface area contributed by atoms with Crippen LogP contribution in [0.2, 0.25) is 0 Å². The van der Waals surface area contributed by atoms with Crippen LogP contribution < -0.4 is 9.58 Å². The average molecular weight is 266 g/mol. The van der Waals surface area contributed by atoms with Gasteiger partial charge >= 0.3 is 0 Å². The molecule has 2 rings (SSSR count). The van der Waals surface area contributed by atoms with Gasteiger partial charge in [-0.25, -0.2) is 9.97 Å². The average Bonchev–Trinajstić information content (AvgIpc) is 2.37. The van der Waals surface area contributed by atoms with Crippen molar-refractivity contribution in [2.75, 3.05) is 6.16 Å². The largest absolute Gasteiger partial charge is 0.778 e. The summed E-state index contributed by atoms with van der Waals surface area (Å²) in [4.78, 5) is 27.2. The molecule has 0 radical (unpaired) electrons. The summed E-state index contributed by atoms with van der Waals surface area (Å²) in [6.45, 7) is 0.112. The lowest BCUT2D eigenvalue weighted by Gasteiger charge is -2.11. The third kappa shape index (κ3) is 3.66. The van der Waals surface area contributed by atoms with E-state index in [4.69, 9.17) is 4.89 Å². The zero-order valence-corrected chi connectivity index (χ0v) is 10.3. The van der Waals surface area contributed by atoms with Gasteiger partial charge in [0.2, 0.25) is 0 Å². The maximum atomic E-state index is 10.6. The number of rotatable bonds is 4. The van der Waals surface area contributed by atoms with Crippen molar-refractivity contribution < 1.29 is 19.0 Å². The fraction of sp³-hybridized carbons (Fsp3) is 0.200. The summed E-state index contributed by atoms with van der Waals surface area (Å²) in [6, 6.07) is 3.52. The number of aryl methyl sites for hydroxylation is 1. The van der Waals surface area contributed by atoms with Gasteiger partial charge in [-0.2, -0.15) is 0 Å². The number of nitrogens with zero attached hydrogens (tertiary/aromatic N) is 4. The van der Waals surface area contributed by atoms with E-state index in [-0.39, 0.29) is 12.7 Å². The molecular weight excluding hydrogens is 255 g/mol. The first-order valence-corrected chi connectivity index (χ1v) is 6.96. The Labute approximate surface area is 103 Å². The minimum atomic E-state index is -4.23. The van der Waals surface area contributed by atoms with Crippen molar-refractivity contribution in [1.82, 2.24) is 15.1 Å². The molecule has 0 aliphatic carbocycles. The molecule has 1 unspecified atom stereocenters. The SMILES string of the molecule is O=P([O-])(O)CC[n+]1ccc(-c2ccncn2)cn1. The molecule has 2 aromatic heterocycles. The highest BCUT2D eigenvalue weighted by Gasteiger charge is 2.09. The van der Waals surface area contributed by atoms with Crippen molar-refractivity contribution in [2.24, 2.45) is 0 Å². The maximum absolute atomic E-state index is 10.6. The molecule has 0 fully saturated rings. The Bertz CT molecular complexity index is 555. The summed E-state index contributed by atoms with van der Waals surface area (Å²) >= 11 is 0. The molecule has 1 atom stereocenters. The lowest BCUT2D eigenvalue weighted by atomic mass is 10.2. The molecule has 8 heteroatoms. The summed E-state index contributed by atoms with van der Waals surface area (Å²) in [5, 5.41) is 4.04. The van der Waals surface area contributed by atoms with Crippen LogP contribution >= 0.6 is 7.60 Å². The van der Waals surface area contributed by atoms with E-state index >= 15 is 0 Å². The van der Waals surface area contributed by atoms with Gasteiger partial charge in [0.15, 0.2) is 12.7 Å². The van der Waals surface area contributed by atoms with Crippen LogP contribution in [0, 0.1) is 0 Å². The van der Waals surface area contributed by atoms with Gasteiger partial charge in [0.25, 0.3) is 0 Å². The molecule has 0 saturated carbocycles. The molecule has 2 heterocycles. The van der Waals surface area contributed by atoms with Gasteiger partial charge in [-0.05, 0) is 11.2 Å². The molecule has 0 aromatic carbocycles. The molecular formula is C10H11N4O3P. The summed E-state index contributed by atoms with van der Waals surface area (Å²) in [5.41, 5.74) is 1.55. The molecule has 0 aliphatic rings. The Balaban J connectivity index is 2.09.